The number of benzene rings is 2. The molecule has 0 saturated heterocycles. The SMILES string of the molecule is Nc1cc(F)cc(S(=O)(=O)NCc2ccc(F)cc2F)c1. The summed E-state index contributed by atoms with van der Waals surface area (Å²) in [6, 6.07) is 5.61. The van der Waals surface area contributed by atoms with Gasteiger partial charge in [0.2, 0.25) is 10.0 Å². The maximum absolute atomic E-state index is 13.4. The van der Waals surface area contributed by atoms with Gasteiger partial charge in [-0.05, 0) is 24.3 Å². The van der Waals surface area contributed by atoms with Gasteiger partial charge in [-0.1, -0.05) is 6.07 Å². The van der Waals surface area contributed by atoms with Gasteiger partial charge in [0.25, 0.3) is 0 Å². The molecule has 0 aromatic heterocycles. The highest BCUT2D eigenvalue weighted by molar-refractivity contribution is 7.89. The van der Waals surface area contributed by atoms with Crippen LogP contribution in [0.15, 0.2) is 41.3 Å². The molecular weight excluding hydrogens is 305 g/mol. The molecule has 3 N–H and O–H groups in total. The van der Waals surface area contributed by atoms with Crippen LogP contribution in [0.25, 0.3) is 0 Å². The van der Waals surface area contributed by atoms with Crippen LogP contribution in [0.1, 0.15) is 5.56 Å². The normalized spacial score (nSPS) is 11.6. The average Bonchev–Trinajstić information content (AvgIpc) is 2.36. The standard InChI is InChI=1S/C13H11F3N2O2S/c14-9-2-1-8(13(16)5-9)7-18-21(19,20)12-4-10(15)3-11(17)6-12/h1-6,18H,7,17H2. The lowest BCUT2D eigenvalue weighted by atomic mass is 10.2. The zero-order valence-electron chi connectivity index (χ0n) is 10.6. The van der Waals surface area contributed by atoms with Crippen molar-refractivity contribution in [3.05, 3.63) is 59.4 Å². The lowest BCUT2D eigenvalue weighted by Gasteiger charge is -2.08. The summed E-state index contributed by atoms with van der Waals surface area (Å²) in [5, 5.41) is 0. The van der Waals surface area contributed by atoms with Gasteiger partial charge in [0.15, 0.2) is 0 Å². The van der Waals surface area contributed by atoms with E-state index in [-0.39, 0.29) is 16.1 Å². The van der Waals surface area contributed by atoms with Gasteiger partial charge in [-0.3, -0.25) is 0 Å². The minimum atomic E-state index is -4.06. The van der Waals surface area contributed by atoms with E-state index in [2.05, 4.69) is 4.72 Å². The smallest absolute Gasteiger partial charge is 0.241 e. The summed E-state index contributed by atoms with van der Waals surface area (Å²) in [5.41, 5.74) is 5.28. The summed E-state index contributed by atoms with van der Waals surface area (Å²) >= 11 is 0. The zero-order chi connectivity index (χ0) is 15.6. The van der Waals surface area contributed by atoms with Crippen molar-refractivity contribution in [2.45, 2.75) is 11.4 Å². The Bertz CT molecular complexity index is 759. The monoisotopic (exact) mass is 316 g/mol. The molecule has 21 heavy (non-hydrogen) atoms. The van der Waals surface area contributed by atoms with E-state index in [1.54, 1.807) is 0 Å². The minimum absolute atomic E-state index is 0.0376. The fourth-order valence-corrected chi connectivity index (χ4v) is 2.73. The molecule has 0 fully saturated rings. The number of nitrogens with one attached hydrogen (secondary N) is 1. The molecule has 112 valence electrons. The number of nitrogens with two attached hydrogens (primary N) is 1. The average molecular weight is 316 g/mol. The highest BCUT2D eigenvalue weighted by Gasteiger charge is 2.16. The van der Waals surface area contributed by atoms with E-state index in [4.69, 9.17) is 5.73 Å². The fraction of sp³-hybridized carbons (Fsp3) is 0.0769. The van der Waals surface area contributed by atoms with Gasteiger partial charge in [-0.15, -0.1) is 0 Å². The van der Waals surface area contributed by atoms with Crippen LogP contribution in [0.2, 0.25) is 0 Å². The number of rotatable bonds is 4. The first-order valence-corrected chi connectivity index (χ1v) is 7.26. The summed E-state index contributed by atoms with van der Waals surface area (Å²) in [6.07, 6.45) is 0. The highest BCUT2D eigenvalue weighted by Crippen LogP contribution is 2.17. The highest BCUT2D eigenvalue weighted by atomic mass is 32.2. The van der Waals surface area contributed by atoms with Crippen LogP contribution in [-0.4, -0.2) is 8.42 Å². The lowest BCUT2D eigenvalue weighted by molar-refractivity contribution is 0.561. The molecule has 0 heterocycles. The summed E-state index contributed by atoms with van der Waals surface area (Å²) in [6.45, 7) is -0.398. The van der Waals surface area contributed by atoms with Crippen LogP contribution < -0.4 is 10.5 Å². The molecule has 0 saturated carbocycles. The molecular formula is C13H11F3N2O2S. The summed E-state index contributed by atoms with van der Waals surface area (Å²) < 4.78 is 65.3. The molecule has 0 radical (unpaired) electrons. The van der Waals surface area contributed by atoms with Crippen molar-refractivity contribution in [3.63, 3.8) is 0 Å². The van der Waals surface area contributed by atoms with Gasteiger partial charge >= 0.3 is 0 Å². The van der Waals surface area contributed by atoms with Crippen molar-refractivity contribution < 1.29 is 21.6 Å². The summed E-state index contributed by atoms with van der Waals surface area (Å²) in [4.78, 5) is -0.373. The number of anilines is 1. The molecule has 0 spiro atoms. The predicted molar refractivity (Wildman–Crippen MR) is 71.2 cm³/mol. The molecule has 0 aliphatic heterocycles. The first-order chi connectivity index (χ1) is 9.78. The van der Waals surface area contributed by atoms with Crippen LogP contribution in [0, 0.1) is 17.5 Å². The second-order valence-corrected chi connectivity index (χ2v) is 6.05. The molecule has 0 amide bonds. The molecule has 2 rings (SSSR count). The van der Waals surface area contributed by atoms with Gasteiger partial charge in [-0.2, -0.15) is 0 Å². The lowest BCUT2D eigenvalue weighted by Crippen LogP contribution is -2.24. The first kappa shape index (κ1) is 15.3. The van der Waals surface area contributed by atoms with E-state index < -0.39 is 34.0 Å². The van der Waals surface area contributed by atoms with Crippen molar-refractivity contribution >= 4 is 15.7 Å². The van der Waals surface area contributed by atoms with E-state index >= 15 is 0 Å². The third kappa shape index (κ3) is 3.73. The van der Waals surface area contributed by atoms with Crippen molar-refractivity contribution in [1.82, 2.24) is 4.72 Å². The Labute approximate surface area is 119 Å². The summed E-state index contributed by atoms with van der Waals surface area (Å²) in [5.74, 6) is -2.45. The Balaban J connectivity index is 2.21. The molecule has 0 bridgehead atoms. The van der Waals surface area contributed by atoms with Crippen LogP contribution in [0.4, 0.5) is 18.9 Å². The van der Waals surface area contributed by atoms with Crippen LogP contribution in [-0.2, 0) is 16.6 Å². The second kappa shape index (κ2) is 5.74. The number of hydrogen-bond acceptors (Lipinski definition) is 3. The largest absolute Gasteiger partial charge is 0.399 e. The van der Waals surface area contributed by atoms with Crippen molar-refractivity contribution in [3.8, 4) is 0 Å². The predicted octanol–water partition coefficient (Wildman–Crippen LogP) is 2.16. The topological polar surface area (TPSA) is 72.2 Å². The van der Waals surface area contributed by atoms with Crippen LogP contribution >= 0.6 is 0 Å². The number of sulfonamides is 1. The molecule has 0 aliphatic carbocycles. The molecule has 0 unspecified atom stereocenters. The van der Waals surface area contributed by atoms with Gasteiger partial charge in [0.1, 0.15) is 17.5 Å². The first-order valence-electron chi connectivity index (χ1n) is 5.77. The van der Waals surface area contributed by atoms with E-state index in [1.807, 2.05) is 0 Å². The van der Waals surface area contributed by atoms with Gasteiger partial charge in [0, 0.05) is 23.9 Å². The second-order valence-electron chi connectivity index (χ2n) is 4.28. The third-order valence-corrected chi connectivity index (χ3v) is 4.05. The van der Waals surface area contributed by atoms with Gasteiger partial charge < -0.3 is 5.73 Å². The van der Waals surface area contributed by atoms with Crippen LogP contribution in [0.3, 0.4) is 0 Å². The van der Waals surface area contributed by atoms with Crippen LogP contribution in [0.5, 0.6) is 0 Å². The maximum atomic E-state index is 13.4. The Morgan fingerprint density at radius 1 is 1.00 bits per heavy atom. The summed E-state index contributed by atoms with van der Waals surface area (Å²) in [7, 11) is -4.06. The Kier molecular flexibility index (Phi) is 4.19. The fourth-order valence-electron chi connectivity index (χ4n) is 1.66. The number of halogens is 3. The molecule has 0 aliphatic rings. The molecule has 0 atom stereocenters. The zero-order valence-corrected chi connectivity index (χ0v) is 11.4. The van der Waals surface area contributed by atoms with Crippen molar-refractivity contribution in [2.24, 2.45) is 0 Å². The van der Waals surface area contributed by atoms with Crippen molar-refractivity contribution in [1.29, 1.82) is 0 Å². The van der Waals surface area contributed by atoms with Gasteiger partial charge in [0.05, 0.1) is 4.90 Å². The Morgan fingerprint density at radius 3 is 2.33 bits per heavy atom. The van der Waals surface area contributed by atoms with Crippen molar-refractivity contribution in [2.75, 3.05) is 5.73 Å². The van der Waals surface area contributed by atoms with E-state index in [0.29, 0.717) is 6.07 Å². The number of nitrogen functional groups attached to an aromatic ring is 1. The Hall–Kier alpha value is -2.06. The minimum Gasteiger partial charge on any atom is -0.399 e. The molecule has 4 nitrogen and oxygen atoms in total. The van der Waals surface area contributed by atoms with E-state index in [1.165, 1.54) is 0 Å². The van der Waals surface area contributed by atoms with E-state index in [9.17, 15) is 21.6 Å². The number of hydrogen-bond donors (Lipinski definition) is 2. The Morgan fingerprint density at radius 2 is 1.71 bits per heavy atom. The molecule has 8 heteroatoms. The molecule has 2 aromatic carbocycles. The third-order valence-electron chi connectivity index (χ3n) is 2.67. The molecule has 2 aromatic rings. The van der Waals surface area contributed by atoms with E-state index in [0.717, 1.165) is 30.3 Å². The maximum Gasteiger partial charge on any atom is 0.241 e. The van der Waals surface area contributed by atoms with Gasteiger partial charge in [-0.25, -0.2) is 26.3 Å². The quantitative estimate of drug-likeness (QED) is 0.849.